The topological polar surface area (TPSA) is 73.8 Å². The van der Waals surface area contributed by atoms with Gasteiger partial charge in [-0.3, -0.25) is 4.79 Å². The summed E-state index contributed by atoms with van der Waals surface area (Å²) >= 11 is 0.914. The second-order valence-corrected chi connectivity index (χ2v) is 5.04. The van der Waals surface area contributed by atoms with Crippen molar-refractivity contribution in [3.63, 3.8) is 0 Å². The molecule has 0 amide bonds. The predicted molar refractivity (Wildman–Crippen MR) is 72.4 cm³/mol. The lowest BCUT2D eigenvalue weighted by Gasteiger charge is -2.13. The molecule has 0 radical (unpaired) electrons. The van der Waals surface area contributed by atoms with Gasteiger partial charge in [-0.25, -0.2) is 14.5 Å². The number of hydrogen-bond acceptors (Lipinski definition) is 5. The van der Waals surface area contributed by atoms with Gasteiger partial charge >= 0.3 is 6.18 Å². The molecule has 0 spiro atoms. The molecule has 0 atom stereocenters. The van der Waals surface area contributed by atoms with Crippen LogP contribution in [0.15, 0.2) is 34.6 Å². The lowest BCUT2D eigenvalue weighted by molar-refractivity contribution is -0.146. The number of halogens is 3. The summed E-state index contributed by atoms with van der Waals surface area (Å²) in [6, 6.07) is 3.98. The van der Waals surface area contributed by atoms with Gasteiger partial charge in [-0.15, -0.1) is 11.3 Å². The number of thiazole rings is 1. The van der Waals surface area contributed by atoms with Crippen molar-refractivity contribution in [1.82, 2.24) is 14.5 Å². The Morgan fingerprint density at radius 2 is 2.05 bits per heavy atom. The van der Waals surface area contributed by atoms with Gasteiger partial charge in [0.05, 0.1) is 10.9 Å². The zero-order valence-corrected chi connectivity index (χ0v) is 11.1. The van der Waals surface area contributed by atoms with E-state index in [0.717, 1.165) is 11.3 Å². The van der Waals surface area contributed by atoms with E-state index in [-0.39, 0.29) is 21.7 Å². The molecule has 0 aliphatic rings. The van der Waals surface area contributed by atoms with Crippen LogP contribution in [0, 0.1) is 0 Å². The number of nitrogens with two attached hydrogens (primary N) is 1. The van der Waals surface area contributed by atoms with Crippen LogP contribution in [-0.4, -0.2) is 14.5 Å². The van der Waals surface area contributed by atoms with Gasteiger partial charge in [-0.1, -0.05) is 0 Å². The van der Waals surface area contributed by atoms with Crippen LogP contribution in [0.5, 0.6) is 0 Å². The maximum absolute atomic E-state index is 13.2. The molecule has 0 fully saturated rings. The molecule has 5 nitrogen and oxygen atoms in total. The predicted octanol–water partition coefficient (Wildman–Crippen LogP) is 2.44. The number of nitrogen functional groups attached to an aromatic ring is 1. The third kappa shape index (κ3) is 2.25. The summed E-state index contributed by atoms with van der Waals surface area (Å²) < 4.78 is 39.9. The molecular formula is C12H7F3N4OS. The normalized spacial score (nSPS) is 12.0. The minimum absolute atomic E-state index is 0.0122. The lowest BCUT2D eigenvalue weighted by Crippen LogP contribution is -2.28. The van der Waals surface area contributed by atoms with Crippen molar-refractivity contribution in [2.45, 2.75) is 6.18 Å². The van der Waals surface area contributed by atoms with E-state index in [4.69, 9.17) is 5.73 Å². The van der Waals surface area contributed by atoms with Crippen molar-refractivity contribution < 1.29 is 13.2 Å². The summed E-state index contributed by atoms with van der Waals surface area (Å²) in [4.78, 5) is 19.7. The maximum Gasteiger partial charge on any atom is 0.450 e. The summed E-state index contributed by atoms with van der Waals surface area (Å²) in [5.74, 6) is -1.31. The van der Waals surface area contributed by atoms with Gasteiger partial charge in [0.15, 0.2) is 5.13 Å². The first kappa shape index (κ1) is 13.6. The molecule has 0 bridgehead atoms. The standard InChI is InChI=1S/C12H7F3N4OS/c13-12(14,15)10-18-8-2-1-6(16)5-7(8)9(20)19(10)11-17-3-4-21-11/h1-5H,16H2. The van der Waals surface area contributed by atoms with Gasteiger partial charge in [-0.2, -0.15) is 13.2 Å². The monoisotopic (exact) mass is 312 g/mol. The minimum atomic E-state index is -4.78. The van der Waals surface area contributed by atoms with E-state index in [1.54, 1.807) is 0 Å². The van der Waals surface area contributed by atoms with Crippen molar-refractivity contribution >= 4 is 27.9 Å². The van der Waals surface area contributed by atoms with Crippen molar-refractivity contribution in [2.24, 2.45) is 0 Å². The fourth-order valence-electron chi connectivity index (χ4n) is 1.90. The zero-order chi connectivity index (χ0) is 15.2. The Bertz CT molecular complexity index is 871. The molecule has 0 aliphatic carbocycles. The highest BCUT2D eigenvalue weighted by molar-refractivity contribution is 7.12. The van der Waals surface area contributed by atoms with Crippen LogP contribution in [0.4, 0.5) is 18.9 Å². The van der Waals surface area contributed by atoms with Gasteiger partial charge in [0, 0.05) is 17.3 Å². The third-order valence-electron chi connectivity index (χ3n) is 2.76. The molecule has 21 heavy (non-hydrogen) atoms. The summed E-state index contributed by atoms with van der Waals surface area (Å²) in [6.07, 6.45) is -3.46. The van der Waals surface area contributed by atoms with Gasteiger partial charge in [-0.05, 0) is 18.2 Å². The molecule has 0 unspecified atom stereocenters. The molecule has 9 heteroatoms. The summed E-state index contributed by atoms with van der Waals surface area (Å²) in [5.41, 5.74) is 4.93. The Balaban J connectivity index is 2.48. The number of hydrogen-bond donors (Lipinski definition) is 1. The van der Waals surface area contributed by atoms with Crippen molar-refractivity contribution in [3.05, 3.63) is 46.0 Å². The molecule has 3 rings (SSSR count). The average Bonchev–Trinajstić information content (AvgIpc) is 2.91. The number of anilines is 1. The first-order chi connectivity index (χ1) is 9.88. The highest BCUT2D eigenvalue weighted by Gasteiger charge is 2.38. The van der Waals surface area contributed by atoms with Gasteiger partial charge in [0.1, 0.15) is 0 Å². The molecule has 108 valence electrons. The van der Waals surface area contributed by atoms with Crippen molar-refractivity contribution in [2.75, 3.05) is 5.73 Å². The molecule has 0 saturated carbocycles. The van der Waals surface area contributed by atoms with E-state index in [0.29, 0.717) is 4.57 Å². The van der Waals surface area contributed by atoms with Crippen molar-refractivity contribution in [3.8, 4) is 5.13 Å². The fraction of sp³-hybridized carbons (Fsp3) is 0.0833. The summed E-state index contributed by atoms with van der Waals surface area (Å²) in [7, 11) is 0. The van der Waals surface area contributed by atoms with Crippen LogP contribution in [0.25, 0.3) is 16.0 Å². The van der Waals surface area contributed by atoms with Crippen molar-refractivity contribution in [1.29, 1.82) is 0 Å². The van der Waals surface area contributed by atoms with Crippen LogP contribution < -0.4 is 11.3 Å². The van der Waals surface area contributed by atoms with E-state index < -0.39 is 17.6 Å². The number of aromatic nitrogens is 3. The second-order valence-electron chi connectivity index (χ2n) is 4.16. The quantitative estimate of drug-likeness (QED) is 0.700. The zero-order valence-electron chi connectivity index (χ0n) is 10.3. The van der Waals surface area contributed by atoms with E-state index in [1.807, 2.05) is 0 Å². The second kappa shape index (κ2) is 4.55. The fourth-order valence-corrected chi connectivity index (χ4v) is 2.54. The maximum atomic E-state index is 13.2. The van der Waals surface area contributed by atoms with Gasteiger partial charge < -0.3 is 5.73 Å². The number of alkyl halides is 3. The number of nitrogens with zero attached hydrogens (tertiary/aromatic N) is 3. The number of fused-ring (bicyclic) bond motifs is 1. The number of rotatable bonds is 1. The summed E-state index contributed by atoms with van der Waals surface area (Å²) in [5, 5.41) is 1.40. The Hall–Kier alpha value is -2.42. The largest absolute Gasteiger partial charge is 0.450 e. The first-order valence-electron chi connectivity index (χ1n) is 5.67. The molecule has 0 saturated heterocycles. The van der Waals surface area contributed by atoms with Crippen LogP contribution in [0.1, 0.15) is 5.82 Å². The highest BCUT2D eigenvalue weighted by Crippen LogP contribution is 2.30. The number of benzene rings is 1. The van der Waals surface area contributed by atoms with Crippen LogP contribution in [-0.2, 0) is 6.18 Å². The van der Waals surface area contributed by atoms with Crippen LogP contribution >= 0.6 is 11.3 Å². The molecular weight excluding hydrogens is 305 g/mol. The first-order valence-corrected chi connectivity index (χ1v) is 6.55. The molecule has 2 aromatic heterocycles. The van der Waals surface area contributed by atoms with Gasteiger partial charge in [0.2, 0.25) is 5.82 Å². The third-order valence-corrected chi connectivity index (χ3v) is 3.51. The SMILES string of the molecule is Nc1ccc2nc(C(F)(F)F)n(-c3nccs3)c(=O)c2c1. The van der Waals surface area contributed by atoms with E-state index in [1.165, 1.54) is 29.8 Å². The molecule has 1 aromatic carbocycles. The summed E-state index contributed by atoms with van der Waals surface area (Å²) in [6.45, 7) is 0. The lowest BCUT2D eigenvalue weighted by atomic mass is 10.2. The molecule has 2 heterocycles. The van der Waals surface area contributed by atoms with Gasteiger partial charge in [0.25, 0.3) is 5.56 Å². The average molecular weight is 312 g/mol. The minimum Gasteiger partial charge on any atom is -0.399 e. The Kier molecular flexibility index (Phi) is 2.94. The smallest absolute Gasteiger partial charge is 0.399 e. The molecule has 2 N–H and O–H groups in total. The Morgan fingerprint density at radius 1 is 1.29 bits per heavy atom. The Labute approximate surface area is 119 Å². The molecule has 3 aromatic rings. The van der Waals surface area contributed by atoms with Crippen LogP contribution in [0.2, 0.25) is 0 Å². The Morgan fingerprint density at radius 3 is 2.67 bits per heavy atom. The van der Waals surface area contributed by atoms with E-state index >= 15 is 0 Å². The van der Waals surface area contributed by atoms with E-state index in [2.05, 4.69) is 9.97 Å². The molecule has 0 aliphatic heterocycles. The van der Waals surface area contributed by atoms with E-state index in [9.17, 15) is 18.0 Å². The van der Waals surface area contributed by atoms with Crippen LogP contribution in [0.3, 0.4) is 0 Å². The highest BCUT2D eigenvalue weighted by atomic mass is 32.1.